The van der Waals surface area contributed by atoms with Gasteiger partial charge in [-0.3, -0.25) is 9.59 Å². The lowest BCUT2D eigenvalue weighted by Crippen LogP contribution is -2.51. The fourth-order valence-corrected chi connectivity index (χ4v) is 1.78. The van der Waals surface area contributed by atoms with E-state index in [-0.39, 0.29) is 19.8 Å². The summed E-state index contributed by atoms with van der Waals surface area (Å²) in [5.41, 5.74) is 0. The maximum Gasteiger partial charge on any atom is 0.471 e. The zero-order valence-electron chi connectivity index (χ0n) is 9.03. The highest BCUT2D eigenvalue weighted by Crippen LogP contribution is 2.25. The molecular formula is C9H12F3NO4. The monoisotopic (exact) mass is 255 g/mol. The quantitative estimate of drug-likeness (QED) is 0.797. The van der Waals surface area contributed by atoms with Gasteiger partial charge < -0.3 is 14.7 Å². The van der Waals surface area contributed by atoms with E-state index < -0.39 is 30.0 Å². The lowest BCUT2D eigenvalue weighted by molar-refractivity contribution is -0.188. The first-order chi connectivity index (χ1) is 7.79. The number of aliphatic carboxylic acids is 1. The van der Waals surface area contributed by atoms with E-state index in [1.54, 1.807) is 0 Å². The molecule has 0 aromatic heterocycles. The van der Waals surface area contributed by atoms with E-state index in [1.807, 2.05) is 0 Å². The molecule has 1 rings (SSSR count). The van der Waals surface area contributed by atoms with Gasteiger partial charge >= 0.3 is 18.1 Å². The third kappa shape index (κ3) is 2.87. The van der Waals surface area contributed by atoms with Crippen LogP contribution in [-0.2, 0) is 14.3 Å². The van der Waals surface area contributed by atoms with Crippen LogP contribution in [0.25, 0.3) is 0 Å². The second-order valence-corrected chi connectivity index (χ2v) is 3.64. The Kier molecular flexibility index (Phi) is 3.97. The number of nitrogens with zero attached hydrogens (tertiary/aromatic N) is 1. The summed E-state index contributed by atoms with van der Waals surface area (Å²) in [5, 5.41) is 8.81. The maximum absolute atomic E-state index is 12.3. The van der Waals surface area contributed by atoms with E-state index in [1.165, 1.54) is 6.92 Å². The first-order valence-corrected chi connectivity index (χ1v) is 4.97. The summed E-state index contributed by atoms with van der Waals surface area (Å²) in [6, 6.07) is -1.06. The van der Waals surface area contributed by atoms with Gasteiger partial charge in [-0.1, -0.05) is 0 Å². The normalized spacial score (nSPS) is 24.7. The van der Waals surface area contributed by atoms with Crippen LogP contribution in [0.15, 0.2) is 0 Å². The predicted octanol–water partition coefficient (Wildman–Crippen LogP) is 0.497. The molecule has 1 fully saturated rings. The van der Waals surface area contributed by atoms with E-state index in [4.69, 9.17) is 9.84 Å². The second kappa shape index (κ2) is 4.91. The lowest BCUT2D eigenvalue weighted by Gasteiger charge is -2.29. The van der Waals surface area contributed by atoms with Crippen LogP contribution in [0.4, 0.5) is 13.2 Å². The molecule has 1 aliphatic heterocycles. The van der Waals surface area contributed by atoms with Crippen molar-refractivity contribution in [2.75, 3.05) is 19.8 Å². The van der Waals surface area contributed by atoms with E-state index in [0.29, 0.717) is 4.90 Å². The van der Waals surface area contributed by atoms with E-state index >= 15 is 0 Å². The van der Waals surface area contributed by atoms with Crippen LogP contribution in [0.2, 0.25) is 0 Å². The molecule has 0 aliphatic carbocycles. The third-order valence-electron chi connectivity index (χ3n) is 2.61. The number of carbonyl (C=O) groups excluding carboxylic acids is 1. The van der Waals surface area contributed by atoms with Gasteiger partial charge in [0, 0.05) is 6.54 Å². The van der Waals surface area contributed by atoms with Crippen LogP contribution >= 0.6 is 0 Å². The summed E-state index contributed by atoms with van der Waals surface area (Å²) >= 11 is 0. The Hall–Kier alpha value is -1.31. The Morgan fingerprint density at radius 1 is 1.41 bits per heavy atom. The molecule has 0 spiro atoms. The minimum atomic E-state index is -5.00. The maximum atomic E-state index is 12.3. The molecule has 0 radical (unpaired) electrons. The zero-order chi connectivity index (χ0) is 13.2. The highest BCUT2D eigenvalue weighted by atomic mass is 19.4. The number of ether oxygens (including phenoxy) is 1. The molecule has 0 bridgehead atoms. The molecule has 2 unspecified atom stereocenters. The molecule has 98 valence electrons. The minimum Gasteiger partial charge on any atom is -0.481 e. The summed E-state index contributed by atoms with van der Waals surface area (Å²) in [7, 11) is 0. The molecule has 0 aromatic carbocycles. The number of alkyl halides is 3. The number of hydrogen-bond acceptors (Lipinski definition) is 3. The molecule has 1 amide bonds. The molecule has 0 aromatic rings. The first-order valence-electron chi connectivity index (χ1n) is 4.97. The Bertz CT molecular complexity index is 318. The van der Waals surface area contributed by atoms with Gasteiger partial charge in [0.2, 0.25) is 0 Å². The number of halogens is 3. The molecule has 1 aliphatic rings. The molecule has 5 nitrogen and oxygen atoms in total. The SMILES string of the molecule is CCN(C(=O)C(F)(F)F)C1COCC1C(=O)O. The zero-order valence-corrected chi connectivity index (χ0v) is 9.03. The van der Waals surface area contributed by atoms with Crippen LogP contribution in [0.1, 0.15) is 6.92 Å². The predicted molar refractivity (Wildman–Crippen MR) is 49.2 cm³/mol. The number of carboxylic acid groups (broad SMARTS) is 1. The van der Waals surface area contributed by atoms with Crippen molar-refractivity contribution in [1.82, 2.24) is 4.90 Å². The molecule has 17 heavy (non-hydrogen) atoms. The van der Waals surface area contributed by atoms with E-state index in [2.05, 4.69) is 0 Å². The summed E-state index contributed by atoms with van der Waals surface area (Å²) in [6.07, 6.45) is -5.00. The Balaban J connectivity index is 2.87. The van der Waals surface area contributed by atoms with Crippen molar-refractivity contribution in [2.45, 2.75) is 19.1 Å². The number of carboxylic acids is 1. The fourth-order valence-electron chi connectivity index (χ4n) is 1.78. The van der Waals surface area contributed by atoms with Gasteiger partial charge in [0.05, 0.1) is 19.3 Å². The van der Waals surface area contributed by atoms with Gasteiger partial charge in [-0.2, -0.15) is 13.2 Å². The summed E-state index contributed by atoms with van der Waals surface area (Å²) in [5.74, 6) is -4.40. The molecule has 8 heteroatoms. The van der Waals surface area contributed by atoms with Gasteiger partial charge in [0.15, 0.2) is 0 Å². The number of carbonyl (C=O) groups is 2. The molecule has 1 saturated heterocycles. The Morgan fingerprint density at radius 2 is 2.00 bits per heavy atom. The fraction of sp³-hybridized carbons (Fsp3) is 0.778. The topological polar surface area (TPSA) is 66.8 Å². The Morgan fingerprint density at radius 3 is 2.41 bits per heavy atom. The Labute approximate surface area is 95.1 Å². The smallest absolute Gasteiger partial charge is 0.471 e. The van der Waals surface area contributed by atoms with Gasteiger partial charge in [-0.05, 0) is 6.92 Å². The average Bonchev–Trinajstić information content (AvgIpc) is 2.66. The van der Waals surface area contributed by atoms with Crippen LogP contribution in [0.3, 0.4) is 0 Å². The van der Waals surface area contributed by atoms with Crippen LogP contribution < -0.4 is 0 Å². The van der Waals surface area contributed by atoms with Gasteiger partial charge in [0.25, 0.3) is 0 Å². The van der Waals surface area contributed by atoms with Crippen LogP contribution in [0, 0.1) is 5.92 Å². The van der Waals surface area contributed by atoms with Crippen molar-refractivity contribution >= 4 is 11.9 Å². The van der Waals surface area contributed by atoms with Crippen molar-refractivity contribution in [2.24, 2.45) is 5.92 Å². The summed E-state index contributed by atoms with van der Waals surface area (Å²) in [6.45, 7) is 0.783. The van der Waals surface area contributed by atoms with Crippen LogP contribution in [-0.4, -0.2) is 53.9 Å². The van der Waals surface area contributed by atoms with Crippen molar-refractivity contribution in [3.8, 4) is 0 Å². The summed E-state index contributed by atoms with van der Waals surface area (Å²) < 4.78 is 41.7. The van der Waals surface area contributed by atoms with Crippen molar-refractivity contribution in [3.05, 3.63) is 0 Å². The highest BCUT2D eigenvalue weighted by Gasteiger charge is 2.48. The minimum absolute atomic E-state index is 0.179. The van der Waals surface area contributed by atoms with E-state index in [9.17, 15) is 22.8 Å². The largest absolute Gasteiger partial charge is 0.481 e. The number of amides is 1. The van der Waals surface area contributed by atoms with Crippen LogP contribution in [0.5, 0.6) is 0 Å². The molecule has 2 atom stereocenters. The molecule has 1 heterocycles. The van der Waals surface area contributed by atoms with Gasteiger partial charge in [-0.25, -0.2) is 0 Å². The number of likely N-dealkylation sites (N-methyl/N-ethyl adjacent to an activating group) is 1. The molecule has 1 N–H and O–H groups in total. The van der Waals surface area contributed by atoms with Gasteiger partial charge in [-0.15, -0.1) is 0 Å². The van der Waals surface area contributed by atoms with E-state index in [0.717, 1.165) is 0 Å². The standard InChI is InChI=1S/C9H12F3NO4/c1-2-13(8(16)9(10,11)12)6-4-17-3-5(6)7(14)15/h5-6H,2-4H2,1H3,(H,14,15). The summed E-state index contributed by atoms with van der Waals surface area (Å²) in [4.78, 5) is 22.4. The van der Waals surface area contributed by atoms with Crippen molar-refractivity contribution in [3.63, 3.8) is 0 Å². The number of rotatable bonds is 3. The second-order valence-electron chi connectivity index (χ2n) is 3.64. The molecule has 0 saturated carbocycles. The molecular weight excluding hydrogens is 243 g/mol. The lowest BCUT2D eigenvalue weighted by atomic mass is 10.0. The van der Waals surface area contributed by atoms with Gasteiger partial charge in [0.1, 0.15) is 5.92 Å². The number of hydrogen-bond donors (Lipinski definition) is 1. The average molecular weight is 255 g/mol. The first kappa shape index (κ1) is 13.8. The highest BCUT2D eigenvalue weighted by molar-refractivity contribution is 5.83. The van der Waals surface area contributed by atoms with Crippen molar-refractivity contribution in [1.29, 1.82) is 0 Å². The van der Waals surface area contributed by atoms with Crippen molar-refractivity contribution < 1.29 is 32.6 Å². The third-order valence-corrected chi connectivity index (χ3v) is 2.61.